The molecule has 3 rings (SSSR count). The van der Waals surface area contributed by atoms with Gasteiger partial charge in [-0.25, -0.2) is 0 Å². The van der Waals surface area contributed by atoms with Crippen molar-refractivity contribution >= 4 is 40.9 Å². The smallest absolute Gasteiger partial charge is 0.325 e. The summed E-state index contributed by atoms with van der Waals surface area (Å²) in [5, 5.41) is 20.5. The average Bonchev–Trinajstić information content (AvgIpc) is 2.88. The number of likely N-dealkylation sites (N-methyl/N-ethyl adjacent to an activating group) is 1. The van der Waals surface area contributed by atoms with Crippen molar-refractivity contribution < 1.29 is 33.8 Å². The van der Waals surface area contributed by atoms with Gasteiger partial charge in [0.05, 0.1) is 13.7 Å². The molecule has 0 spiro atoms. The number of carbonyl (C=O) groups is 4. The van der Waals surface area contributed by atoms with E-state index in [0.29, 0.717) is 16.9 Å². The number of nitrogens with zero attached hydrogens (tertiary/aromatic N) is 2. The number of benzene rings is 2. The van der Waals surface area contributed by atoms with E-state index in [1.807, 2.05) is 0 Å². The van der Waals surface area contributed by atoms with Crippen molar-refractivity contribution in [1.82, 2.24) is 4.90 Å². The zero-order valence-corrected chi connectivity index (χ0v) is 19.8. The highest BCUT2D eigenvalue weighted by atomic mass is 16.5. The molecule has 2 aromatic carbocycles. The Morgan fingerprint density at radius 2 is 1.94 bits per heavy atom. The lowest BCUT2D eigenvalue weighted by atomic mass is 10.1. The van der Waals surface area contributed by atoms with Crippen molar-refractivity contribution in [2.24, 2.45) is 5.73 Å². The van der Waals surface area contributed by atoms with Gasteiger partial charge in [-0.05, 0) is 42.5 Å². The normalized spacial score (nSPS) is 16.1. The Labute approximate surface area is 207 Å². The summed E-state index contributed by atoms with van der Waals surface area (Å²) < 4.78 is 9.99. The van der Waals surface area contributed by atoms with Crippen LogP contribution in [0.25, 0.3) is 0 Å². The second kappa shape index (κ2) is 11.4. The molecule has 12 heteroatoms. The van der Waals surface area contributed by atoms with Gasteiger partial charge in [0.2, 0.25) is 0 Å². The minimum atomic E-state index is -1.80. The van der Waals surface area contributed by atoms with E-state index in [0.717, 1.165) is 0 Å². The number of amidine groups is 1. The van der Waals surface area contributed by atoms with Crippen LogP contribution in [0.5, 0.6) is 0 Å². The first-order valence-corrected chi connectivity index (χ1v) is 10.9. The van der Waals surface area contributed by atoms with E-state index in [-0.39, 0.29) is 31.1 Å². The Kier molecular flexibility index (Phi) is 8.35. The number of aliphatic hydroxyl groups is 1. The zero-order valence-electron chi connectivity index (χ0n) is 19.8. The molecule has 0 bridgehead atoms. The second-order valence-electron chi connectivity index (χ2n) is 7.99. The molecule has 5 N–H and O–H groups in total. The Hall–Kier alpha value is -4.29. The van der Waals surface area contributed by atoms with Gasteiger partial charge in [0, 0.05) is 36.1 Å². The predicted molar refractivity (Wildman–Crippen MR) is 130 cm³/mol. The summed E-state index contributed by atoms with van der Waals surface area (Å²) >= 11 is 0. The quantitative estimate of drug-likeness (QED) is 0.223. The molecular weight excluding hydrogens is 470 g/mol. The second-order valence-corrected chi connectivity index (χ2v) is 7.99. The largest absolute Gasteiger partial charge is 0.468 e. The number of ether oxygens (including phenoxy) is 2. The fraction of sp³-hybridized carbons (Fsp3) is 0.292. The molecular formula is C24H27N5O7. The molecule has 0 aliphatic carbocycles. The minimum absolute atomic E-state index is 0.0501. The van der Waals surface area contributed by atoms with Crippen molar-refractivity contribution in [1.29, 1.82) is 5.41 Å². The summed E-state index contributed by atoms with van der Waals surface area (Å²) in [6, 6.07) is 12.3. The van der Waals surface area contributed by atoms with E-state index in [9.17, 15) is 24.3 Å². The standard InChI is InChI=1S/C24H27N5O7/c1-28(13-18(30)35-2)23(33)15-4-3-5-17(12-15)29-10-11-36-20(24(29)34)19(31)22(32)27-16-8-6-14(7-9-16)21(25)26/h3-9,12,19-20,31H,10-11,13H2,1-2H3,(H3,25,26)(H,27,32). The predicted octanol–water partition coefficient (Wildman–Crippen LogP) is -0.0529. The number of anilines is 2. The lowest BCUT2D eigenvalue weighted by Gasteiger charge is -2.34. The maximum Gasteiger partial charge on any atom is 0.325 e. The molecule has 190 valence electrons. The van der Waals surface area contributed by atoms with Gasteiger partial charge in [0.25, 0.3) is 17.7 Å². The van der Waals surface area contributed by atoms with Crippen molar-refractivity contribution in [3.8, 4) is 0 Å². The van der Waals surface area contributed by atoms with Gasteiger partial charge in [-0.3, -0.25) is 24.6 Å². The summed E-state index contributed by atoms with van der Waals surface area (Å²) in [6.07, 6.45) is -3.26. The molecule has 2 atom stereocenters. The third kappa shape index (κ3) is 6.03. The van der Waals surface area contributed by atoms with Crippen LogP contribution in [0.15, 0.2) is 48.5 Å². The summed E-state index contributed by atoms with van der Waals surface area (Å²) in [4.78, 5) is 52.4. The fourth-order valence-electron chi connectivity index (χ4n) is 3.53. The molecule has 0 saturated carbocycles. The van der Waals surface area contributed by atoms with Crippen LogP contribution in [0.4, 0.5) is 11.4 Å². The van der Waals surface area contributed by atoms with Crippen molar-refractivity contribution in [3.05, 3.63) is 59.7 Å². The Morgan fingerprint density at radius 1 is 1.25 bits per heavy atom. The number of esters is 1. The van der Waals surface area contributed by atoms with E-state index < -0.39 is 35.9 Å². The van der Waals surface area contributed by atoms with E-state index >= 15 is 0 Å². The molecule has 12 nitrogen and oxygen atoms in total. The van der Waals surface area contributed by atoms with Gasteiger partial charge in [-0.1, -0.05) is 6.07 Å². The summed E-state index contributed by atoms with van der Waals surface area (Å²) in [7, 11) is 2.67. The minimum Gasteiger partial charge on any atom is -0.468 e. The van der Waals surface area contributed by atoms with Crippen LogP contribution < -0.4 is 16.0 Å². The lowest BCUT2D eigenvalue weighted by molar-refractivity contribution is -0.150. The van der Waals surface area contributed by atoms with Gasteiger partial charge in [-0.15, -0.1) is 0 Å². The van der Waals surface area contributed by atoms with Gasteiger partial charge in [0.15, 0.2) is 12.2 Å². The molecule has 1 aliphatic rings. The first-order valence-electron chi connectivity index (χ1n) is 10.9. The van der Waals surface area contributed by atoms with E-state index in [4.69, 9.17) is 15.9 Å². The summed E-state index contributed by atoms with van der Waals surface area (Å²) in [6.45, 7) is -0.0444. The van der Waals surface area contributed by atoms with Gasteiger partial charge >= 0.3 is 5.97 Å². The fourth-order valence-corrected chi connectivity index (χ4v) is 3.53. The molecule has 1 fully saturated rings. The number of nitrogens with one attached hydrogen (secondary N) is 2. The van der Waals surface area contributed by atoms with Crippen LogP contribution in [0.3, 0.4) is 0 Å². The SMILES string of the molecule is COC(=O)CN(C)C(=O)c1cccc(N2CCOC(C(O)C(=O)Nc3ccc(C(=N)N)cc3)C2=O)c1. The molecule has 1 heterocycles. The van der Waals surface area contributed by atoms with Crippen molar-refractivity contribution in [2.45, 2.75) is 12.2 Å². The van der Waals surface area contributed by atoms with Crippen LogP contribution in [0.1, 0.15) is 15.9 Å². The maximum atomic E-state index is 13.1. The van der Waals surface area contributed by atoms with Crippen LogP contribution in [-0.4, -0.2) is 85.6 Å². The maximum absolute atomic E-state index is 13.1. The number of nitrogens with two attached hydrogens (primary N) is 1. The van der Waals surface area contributed by atoms with Gasteiger partial charge in [0.1, 0.15) is 12.4 Å². The molecule has 0 radical (unpaired) electrons. The average molecular weight is 498 g/mol. The van der Waals surface area contributed by atoms with Gasteiger partial charge < -0.3 is 35.4 Å². The number of methoxy groups -OCH3 is 1. The number of aliphatic hydroxyl groups excluding tert-OH is 1. The highest BCUT2D eigenvalue weighted by Gasteiger charge is 2.39. The topological polar surface area (TPSA) is 175 Å². The van der Waals surface area contributed by atoms with E-state index in [1.165, 1.54) is 54.3 Å². The number of hydrogen-bond acceptors (Lipinski definition) is 8. The highest BCUT2D eigenvalue weighted by molar-refractivity contribution is 6.05. The highest BCUT2D eigenvalue weighted by Crippen LogP contribution is 2.23. The molecule has 2 unspecified atom stereocenters. The summed E-state index contributed by atoms with van der Waals surface area (Å²) in [5.74, 6) is -2.65. The molecule has 0 aromatic heterocycles. The number of amides is 3. The summed E-state index contributed by atoms with van der Waals surface area (Å²) in [5.41, 5.74) is 6.83. The Balaban J connectivity index is 1.71. The number of carbonyl (C=O) groups excluding carboxylic acids is 4. The lowest BCUT2D eigenvalue weighted by Crippen LogP contribution is -2.55. The number of hydrogen-bond donors (Lipinski definition) is 4. The number of nitrogen functional groups attached to an aromatic ring is 1. The molecule has 36 heavy (non-hydrogen) atoms. The molecule has 1 aliphatic heterocycles. The third-order valence-electron chi connectivity index (χ3n) is 5.49. The third-order valence-corrected chi connectivity index (χ3v) is 5.49. The Bertz CT molecular complexity index is 1170. The van der Waals surface area contributed by atoms with E-state index in [2.05, 4.69) is 10.1 Å². The number of rotatable bonds is 8. The van der Waals surface area contributed by atoms with Crippen LogP contribution >= 0.6 is 0 Å². The number of morpholine rings is 1. The first-order chi connectivity index (χ1) is 17.1. The van der Waals surface area contributed by atoms with E-state index in [1.54, 1.807) is 18.2 Å². The zero-order chi connectivity index (χ0) is 26.4. The monoisotopic (exact) mass is 497 g/mol. The molecule has 1 saturated heterocycles. The first kappa shape index (κ1) is 26.3. The molecule has 3 amide bonds. The molecule has 2 aromatic rings. The Morgan fingerprint density at radius 3 is 2.58 bits per heavy atom. The van der Waals surface area contributed by atoms with Crippen molar-refractivity contribution in [3.63, 3.8) is 0 Å². The van der Waals surface area contributed by atoms with Crippen LogP contribution in [-0.2, 0) is 23.9 Å². The van der Waals surface area contributed by atoms with Gasteiger partial charge in [-0.2, -0.15) is 0 Å². The van der Waals surface area contributed by atoms with Crippen molar-refractivity contribution in [2.75, 3.05) is 44.1 Å². The van der Waals surface area contributed by atoms with Crippen LogP contribution in [0.2, 0.25) is 0 Å². The van der Waals surface area contributed by atoms with Crippen LogP contribution in [0, 0.1) is 5.41 Å².